The molecule has 0 saturated heterocycles. The fourth-order valence-corrected chi connectivity index (χ4v) is 3.80. The first-order valence-electron chi connectivity index (χ1n) is 7.53. The molecule has 3 atom stereocenters. The molecule has 0 spiro atoms. The van der Waals surface area contributed by atoms with Gasteiger partial charge in [0.05, 0.1) is 0 Å². The van der Waals surface area contributed by atoms with Crippen LogP contribution in [-0.4, -0.2) is 31.3 Å². The second kappa shape index (κ2) is 4.98. The molecule has 0 radical (unpaired) electrons. The number of nitrogens with zero attached hydrogens (tertiary/aromatic N) is 5. The lowest BCUT2D eigenvalue weighted by Gasteiger charge is -2.21. The van der Waals surface area contributed by atoms with E-state index < -0.39 is 0 Å². The van der Waals surface area contributed by atoms with Gasteiger partial charge in [-0.15, -0.1) is 0 Å². The molecule has 2 aliphatic rings. The quantitative estimate of drug-likeness (QED) is 0.883. The minimum absolute atomic E-state index is 0.214. The van der Waals surface area contributed by atoms with E-state index in [0.717, 1.165) is 24.3 Å². The van der Waals surface area contributed by atoms with E-state index in [0.29, 0.717) is 11.9 Å². The van der Waals surface area contributed by atoms with Crippen LogP contribution in [0, 0.1) is 17.8 Å². The molecule has 2 aromatic rings. The van der Waals surface area contributed by atoms with Crippen molar-refractivity contribution in [3.8, 4) is 5.95 Å². The SMILES string of the molecule is Nc1nc(NCC2CC3CCC2C3)nc(-n2cccn2)n1. The summed E-state index contributed by atoms with van der Waals surface area (Å²) >= 11 is 0. The molecule has 0 aromatic carbocycles. The summed E-state index contributed by atoms with van der Waals surface area (Å²) < 4.78 is 1.58. The van der Waals surface area contributed by atoms with Gasteiger partial charge in [0.1, 0.15) is 0 Å². The van der Waals surface area contributed by atoms with Crippen molar-refractivity contribution in [1.82, 2.24) is 24.7 Å². The average Bonchev–Trinajstić information content (AvgIpc) is 3.21. The van der Waals surface area contributed by atoms with Gasteiger partial charge in [-0.1, -0.05) is 6.42 Å². The fourth-order valence-electron chi connectivity index (χ4n) is 3.80. The number of nitrogens with two attached hydrogens (primary N) is 1. The molecule has 4 rings (SSSR count). The van der Waals surface area contributed by atoms with Crippen molar-refractivity contribution in [3.05, 3.63) is 18.5 Å². The second-order valence-corrected chi connectivity index (χ2v) is 6.08. The molecule has 3 N–H and O–H groups in total. The van der Waals surface area contributed by atoms with Crippen LogP contribution in [0.15, 0.2) is 18.5 Å². The van der Waals surface area contributed by atoms with Crippen LogP contribution in [0.1, 0.15) is 25.7 Å². The molecule has 7 heteroatoms. The first kappa shape index (κ1) is 12.6. The molecule has 3 unspecified atom stereocenters. The Kier molecular flexibility index (Phi) is 2.98. The summed E-state index contributed by atoms with van der Waals surface area (Å²) in [6.07, 6.45) is 9.02. The molecule has 0 aliphatic heterocycles. The molecule has 2 aromatic heterocycles. The van der Waals surface area contributed by atoms with Crippen LogP contribution in [0.5, 0.6) is 0 Å². The molecule has 21 heavy (non-hydrogen) atoms. The molecule has 2 saturated carbocycles. The third kappa shape index (κ3) is 2.43. The van der Waals surface area contributed by atoms with Crippen molar-refractivity contribution < 1.29 is 0 Å². The van der Waals surface area contributed by atoms with Crippen molar-refractivity contribution in [2.75, 3.05) is 17.6 Å². The van der Waals surface area contributed by atoms with Gasteiger partial charge in [0.15, 0.2) is 0 Å². The van der Waals surface area contributed by atoms with E-state index in [1.165, 1.54) is 25.7 Å². The van der Waals surface area contributed by atoms with Crippen molar-refractivity contribution in [3.63, 3.8) is 0 Å². The topological polar surface area (TPSA) is 94.5 Å². The number of hydrogen-bond donors (Lipinski definition) is 2. The largest absolute Gasteiger partial charge is 0.368 e. The van der Waals surface area contributed by atoms with E-state index in [4.69, 9.17) is 5.73 Å². The Labute approximate surface area is 123 Å². The summed E-state index contributed by atoms with van der Waals surface area (Å²) in [5.41, 5.74) is 5.77. The summed E-state index contributed by atoms with van der Waals surface area (Å²) in [6.45, 7) is 0.920. The Balaban J connectivity index is 1.47. The molecule has 2 aliphatic carbocycles. The van der Waals surface area contributed by atoms with Gasteiger partial charge < -0.3 is 11.1 Å². The predicted octanol–water partition coefficient (Wildman–Crippen LogP) is 1.49. The highest BCUT2D eigenvalue weighted by atomic mass is 15.4. The number of nitrogens with one attached hydrogen (secondary N) is 1. The summed E-state index contributed by atoms with van der Waals surface area (Å²) in [6, 6.07) is 1.82. The van der Waals surface area contributed by atoms with Gasteiger partial charge in [0.25, 0.3) is 5.95 Å². The fraction of sp³-hybridized carbons (Fsp3) is 0.571. The highest BCUT2D eigenvalue weighted by Gasteiger charge is 2.39. The molecule has 2 bridgehead atoms. The Hall–Kier alpha value is -2.18. The maximum Gasteiger partial charge on any atom is 0.257 e. The van der Waals surface area contributed by atoms with E-state index in [-0.39, 0.29) is 5.95 Å². The molecule has 2 fully saturated rings. The smallest absolute Gasteiger partial charge is 0.257 e. The minimum Gasteiger partial charge on any atom is -0.368 e. The lowest BCUT2D eigenvalue weighted by molar-refractivity contribution is 0.348. The number of fused-ring (bicyclic) bond motifs is 2. The highest BCUT2D eigenvalue weighted by Crippen LogP contribution is 2.48. The zero-order valence-corrected chi connectivity index (χ0v) is 11.8. The Morgan fingerprint density at radius 3 is 2.90 bits per heavy atom. The van der Waals surface area contributed by atoms with Crippen LogP contribution in [-0.2, 0) is 0 Å². The van der Waals surface area contributed by atoms with E-state index in [9.17, 15) is 0 Å². The monoisotopic (exact) mass is 285 g/mol. The maximum atomic E-state index is 5.77. The molecule has 7 nitrogen and oxygen atoms in total. The maximum absolute atomic E-state index is 5.77. The normalized spacial score (nSPS) is 27.1. The van der Waals surface area contributed by atoms with Gasteiger partial charge in [-0.3, -0.25) is 0 Å². The first-order valence-corrected chi connectivity index (χ1v) is 7.53. The Morgan fingerprint density at radius 2 is 2.19 bits per heavy atom. The van der Waals surface area contributed by atoms with E-state index in [1.54, 1.807) is 17.1 Å². The van der Waals surface area contributed by atoms with Gasteiger partial charge in [0, 0.05) is 18.9 Å². The van der Waals surface area contributed by atoms with Gasteiger partial charge >= 0.3 is 0 Å². The van der Waals surface area contributed by atoms with Crippen molar-refractivity contribution >= 4 is 11.9 Å². The third-order valence-corrected chi connectivity index (χ3v) is 4.76. The molecule has 0 amide bonds. The molecular formula is C14H19N7. The van der Waals surface area contributed by atoms with Gasteiger partial charge in [-0.25, -0.2) is 4.68 Å². The first-order chi connectivity index (χ1) is 10.3. The van der Waals surface area contributed by atoms with E-state index >= 15 is 0 Å². The lowest BCUT2D eigenvalue weighted by atomic mass is 9.89. The highest BCUT2D eigenvalue weighted by molar-refractivity contribution is 5.34. The van der Waals surface area contributed by atoms with Crippen molar-refractivity contribution in [2.24, 2.45) is 17.8 Å². The van der Waals surface area contributed by atoms with Crippen LogP contribution in [0.2, 0.25) is 0 Å². The second-order valence-electron chi connectivity index (χ2n) is 6.08. The van der Waals surface area contributed by atoms with Crippen molar-refractivity contribution in [2.45, 2.75) is 25.7 Å². The van der Waals surface area contributed by atoms with Crippen LogP contribution in [0.4, 0.5) is 11.9 Å². The Bertz CT molecular complexity index is 624. The van der Waals surface area contributed by atoms with Crippen LogP contribution < -0.4 is 11.1 Å². The number of rotatable bonds is 4. The number of anilines is 2. The minimum atomic E-state index is 0.214. The molecular weight excluding hydrogens is 266 g/mol. The predicted molar refractivity (Wildman–Crippen MR) is 78.8 cm³/mol. The van der Waals surface area contributed by atoms with Crippen molar-refractivity contribution in [1.29, 1.82) is 0 Å². The van der Waals surface area contributed by atoms with E-state index in [1.807, 2.05) is 6.07 Å². The number of hydrogen-bond acceptors (Lipinski definition) is 6. The van der Waals surface area contributed by atoms with Crippen LogP contribution in [0.3, 0.4) is 0 Å². The lowest BCUT2D eigenvalue weighted by Crippen LogP contribution is -2.21. The molecule has 110 valence electrons. The average molecular weight is 285 g/mol. The third-order valence-electron chi connectivity index (χ3n) is 4.76. The Morgan fingerprint density at radius 1 is 1.24 bits per heavy atom. The van der Waals surface area contributed by atoms with Gasteiger partial charge in [-0.05, 0) is 43.1 Å². The van der Waals surface area contributed by atoms with Gasteiger partial charge in [0.2, 0.25) is 11.9 Å². The standard InChI is InChI=1S/C14H19N7/c15-12-18-13(20-14(19-12)21-5-1-4-17-21)16-8-11-7-9-2-3-10(11)6-9/h1,4-5,9-11H,2-3,6-8H2,(H3,15,16,18,19,20). The van der Waals surface area contributed by atoms with Crippen LogP contribution in [0.25, 0.3) is 5.95 Å². The number of nitrogen functional groups attached to an aromatic ring is 1. The summed E-state index contributed by atoms with van der Waals surface area (Å²) in [5, 5.41) is 7.45. The number of aromatic nitrogens is 5. The van der Waals surface area contributed by atoms with Crippen LogP contribution >= 0.6 is 0 Å². The van der Waals surface area contributed by atoms with Gasteiger partial charge in [-0.2, -0.15) is 20.1 Å². The summed E-state index contributed by atoms with van der Waals surface area (Å²) in [4.78, 5) is 12.7. The summed E-state index contributed by atoms with van der Waals surface area (Å²) in [7, 11) is 0. The summed E-state index contributed by atoms with van der Waals surface area (Å²) in [5.74, 6) is 3.77. The van der Waals surface area contributed by atoms with E-state index in [2.05, 4.69) is 25.4 Å². The zero-order valence-electron chi connectivity index (χ0n) is 11.8. The zero-order chi connectivity index (χ0) is 14.2. The molecule has 2 heterocycles.